The molecular formula is C10H17N5. The van der Waals surface area contributed by atoms with Crippen LogP contribution in [-0.4, -0.2) is 28.8 Å². The molecule has 0 atom stereocenters. The summed E-state index contributed by atoms with van der Waals surface area (Å²) in [6.07, 6.45) is 0. The van der Waals surface area contributed by atoms with Crippen LogP contribution in [0.15, 0.2) is 4.99 Å². The van der Waals surface area contributed by atoms with Crippen LogP contribution in [0, 0.1) is 13.8 Å². The lowest BCUT2D eigenvalue weighted by atomic mass is 10.2. The van der Waals surface area contributed by atoms with Crippen LogP contribution in [0.3, 0.4) is 0 Å². The molecule has 0 radical (unpaired) electrons. The summed E-state index contributed by atoms with van der Waals surface area (Å²) in [5.41, 5.74) is 3.55. The molecule has 82 valence electrons. The number of hydrogen-bond acceptors (Lipinski definition) is 4. The van der Waals surface area contributed by atoms with Crippen molar-refractivity contribution in [1.82, 2.24) is 20.4 Å². The van der Waals surface area contributed by atoms with Crippen molar-refractivity contribution < 1.29 is 0 Å². The van der Waals surface area contributed by atoms with Gasteiger partial charge >= 0.3 is 0 Å². The van der Waals surface area contributed by atoms with Gasteiger partial charge in [0.15, 0.2) is 5.96 Å². The van der Waals surface area contributed by atoms with Crippen LogP contribution in [0.1, 0.15) is 17.0 Å². The molecule has 0 saturated heterocycles. The molecule has 2 N–H and O–H groups in total. The number of aliphatic imine (C=N–C) groups is 1. The third-order valence-electron chi connectivity index (χ3n) is 2.77. The fraction of sp³-hybridized carbons (Fsp3) is 0.600. The molecule has 0 spiro atoms. The molecule has 0 unspecified atom stereocenters. The summed E-state index contributed by atoms with van der Waals surface area (Å²) in [5, 5.41) is 10.8. The zero-order chi connectivity index (χ0) is 10.8. The largest absolute Gasteiger partial charge is 0.355 e. The maximum absolute atomic E-state index is 4.37. The fourth-order valence-corrected chi connectivity index (χ4v) is 1.76. The van der Waals surface area contributed by atoms with E-state index >= 15 is 0 Å². The predicted octanol–water partition coefficient (Wildman–Crippen LogP) is 0.0857. The number of nitrogens with one attached hydrogen (secondary N) is 2. The number of hydrogen-bond donors (Lipinski definition) is 2. The number of rotatable bonds is 2. The number of aryl methyl sites for hydroxylation is 2. The molecule has 1 aromatic rings. The number of aromatic nitrogens is 2. The first-order valence-corrected chi connectivity index (χ1v) is 5.19. The second kappa shape index (κ2) is 3.92. The van der Waals surface area contributed by atoms with E-state index in [0.717, 1.165) is 31.3 Å². The van der Waals surface area contributed by atoms with E-state index in [2.05, 4.69) is 27.6 Å². The van der Waals surface area contributed by atoms with Gasteiger partial charge in [-0.1, -0.05) is 0 Å². The SMILES string of the molecule is Cc1nn(C)c(C)c1CNC1=NCCN1. The molecule has 0 bridgehead atoms. The third-order valence-corrected chi connectivity index (χ3v) is 2.77. The minimum absolute atomic E-state index is 0.789. The number of guanidine groups is 1. The van der Waals surface area contributed by atoms with Crippen LogP contribution in [0.5, 0.6) is 0 Å². The molecule has 5 nitrogen and oxygen atoms in total. The van der Waals surface area contributed by atoms with Crippen molar-refractivity contribution in [3.05, 3.63) is 17.0 Å². The van der Waals surface area contributed by atoms with E-state index in [1.165, 1.54) is 11.3 Å². The fourth-order valence-electron chi connectivity index (χ4n) is 1.76. The summed E-state index contributed by atoms with van der Waals surface area (Å²) < 4.78 is 1.91. The maximum atomic E-state index is 4.37. The van der Waals surface area contributed by atoms with Crippen LogP contribution < -0.4 is 10.6 Å². The monoisotopic (exact) mass is 207 g/mol. The van der Waals surface area contributed by atoms with Gasteiger partial charge in [-0.05, 0) is 13.8 Å². The molecule has 15 heavy (non-hydrogen) atoms. The average Bonchev–Trinajstić information content (AvgIpc) is 2.76. The molecule has 0 aromatic carbocycles. The molecule has 2 heterocycles. The Hall–Kier alpha value is -1.52. The van der Waals surface area contributed by atoms with Crippen LogP contribution in [-0.2, 0) is 13.6 Å². The topological polar surface area (TPSA) is 54.2 Å². The Morgan fingerprint density at radius 2 is 2.27 bits per heavy atom. The van der Waals surface area contributed by atoms with Gasteiger partial charge in [0, 0.05) is 31.4 Å². The molecule has 0 saturated carbocycles. The first-order valence-electron chi connectivity index (χ1n) is 5.19. The molecule has 2 rings (SSSR count). The highest BCUT2D eigenvalue weighted by Crippen LogP contribution is 2.10. The Balaban J connectivity index is 2.04. The first-order chi connectivity index (χ1) is 7.18. The van der Waals surface area contributed by atoms with Gasteiger partial charge in [0.05, 0.1) is 12.2 Å². The normalized spacial score (nSPS) is 15.0. The molecule has 0 amide bonds. The minimum Gasteiger partial charge on any atom is -0.355 e. The highest BCUT2D eigenvalue weighted by atomic mass is 15.3. The Morgan fingerprint density at radius 1 is 1.47 bits per heavy atom. The van der Waals surface area contributed by atoms with Crippen molar-refractivity contribution in [3.63, 3.8) is 0 Å². The molecular weight excluding hydrogens is 190 g/mol. The second-order valence-electron chi connectivity index (χ2n) is 3.78. The van der Waals surface area contributed by atoms with Crippen molar-refractivity contribution in [1.29, 1.82) is 0 Å². The van der Waals surface area contributed by atoms with Crippen LogP contribution in [0.4, 0.5) is 0 Å². The molecule has 1 aromatic heterocycles. The van der Waals surface area contributed by atoms with E-state index < -0.39 is 0 Å². The zero-order valence-electron chi connectivity index (χ0n) is 9.46. The summed E-state index contributed by atoms with van der Waals surface area (Å²) in [5.74, 6) is 0.901. The van der Waals surface area contributed by atoms with Crippen molar-refractivity contribution in [2.24, 2.45) is 12.0 Å². The molecule has 0 fully saturated rings. The summed E-state index contributed by atoms with van der Waals surface area (Å²) in [6, 6.07) is 0. The highest BCUT2D eigenvalue weighted by molar-refractivity contribution is 5.81. The third kappa shape index (κ3) is 1.95. The van der Waals surface area contributed by atoms with Crippen molar-refractivity contribution >= 4 is 5.96 Å². The lowest BCUT2D eigenvalue weighted by molar-refractivity contribution is 0.729. The Bertz CT molecular complexity index is 391. The second-order valence-corrected chi connectivity index (χ2v) is 3.78. The summed E-state index contributed by atoms with van der Waals surface area (Å²) >= 11 is 0. The predicted molar refractivity (Wildman–Crippen MR) is 59.8 cm³/mol. The van der Waals surface area contributed by atoms with Crippen LogP contribution >= 0.6 is 0 Å². The number of nitrogens with zero attached hydrogens (tertiary/aromatic N) is 3. The maximum Gasteiger partial charge on any atom is 0.191 e. The summed E-state index contributed by atoms with van der Waals surface area (Å²) in [7, 11) is 1.97. The zero-order valence-corrected chi connectivity index (χ0v) is 9.46. The first kappa shape index (κ1) is 10.0. The molecule has 1 aliphatic heterocycles. The Morgan fingerprint density at radius 3 is 2.80 bits per heavy atom. The van der Waals surface area contributed by atoms with Gasteiger partial charge in [-0.15, -0.1) is 0 Å². The van der Waals surface area contributed by atoms with E-state index in [0.29, 0.717) is 0 Å². The van der Waals surface area contributed by atoms with Gasteiger partial charge in [0.2, 0.25) is 0 Å². The van der Waals surface area contributed by atoms with Gasteiger partial charge in [-0.2, -0.15) is 5.10 Å². The minimum atomic E-state index is 0.789. The average molecular weight is 207 g/mol. The van der Waals surface area contributed by atoms with E-state index in [-0.39, 0.29) is 0 Å². The standard InChI is InChI=1S/C10H17N5/c1-7-9(8(2)15(3)14-7)6-13-10-11-4-5-12-10/h4-6H2,1-3H3,(H2,11,12,13). The van der Waals surface area contributed by atoms with Crippen molar-refractivity contribution in [2.75, 3.05) is 13.1 Å². The van der Waals surface area contributed by atoms with Crippen molar-refractivity contribution in [3.8, 4) is 0 Å². The van der Waals surface area contributed by atoms with Gasteiger partial charge in [-0.25, -0.2) is 0 Å². The Kier molecular flexibility index (Phi) is 2.62. The van der Waals surface area contributed by atoms with Crippen LogP contribution in [0.25, 0.3) is 0 Å². The van der Waals surface area contributed by atoms with Gasteiger partial charge in [0.25, 0.3) is 0 Å². The molecule has 1 aliphatic rings. The summed E-state index contributed by atoms with van der Waals surface area (Å²) in [6.45, 7) is 6.72. The Labute approximate surface area is 89.6 Å². The van der Waals surface area contributed by atoms with Crippen LogP contribution in [0.2, 0.25) is 0 Å². The van der Waals surface area contributed by atoms with Gasteiger partial charge < -0.3 is 10.6 Å². The lowest BCUT2D eigenvalue weighted by Crippen LogP contribution is -2.33. The van der Waals surface area contributed by atoms with E-state index in [1.54, 1.807) is 0 Å². The lowest BCUT2D eigenvalue weighted by Gasteiger charge is -2.06. The van der Waals surface area contributed by atoms with Gasteiger partial charge in [0.1, 0.15) is 0 Å². The van der Waals surface area contributed by atoms with E-state index in [1.807, 2.05) is 18.7 Å². The van der Waals surface area contributed by atoms with E-state index in [4.69, 9.17) is 0 Å². The van der Waals surface area contributed by atoms with E-state index in [9.17, 15) is 0 Å². The molecule has 0 aliphatic carbocycles. The highest BCUT2D eigenvalue weighted by Gasteiger charge is 2.10. The van der Waals surface area contributed by atoms with Crippen molar-refractivity contribution in [2.45, 2.75) is 20.4 Å². The molecule has 5 heteroatoms. The quantitative estimate of drug-likeness (QED) is 0.722. The van der Waals surface area contributed by atoms with Gasteiger partial charge in [-0.3, -0.25) is 9.67 Å². The smallest absolute Gasteiger partial charge is 0.191 e. The summed E-state index contributed by atoms with van der Waals surface area (Å²) in [4.78, 5) is 4.28.